The maximum absolute atomic E-state index is 14.2. The molecule has 0 radical (unpaired) electrons. The molecule has 0 fully saturated rings. The lowest BCUT2D eigenvalue weighted by molar-refractivity contribution is 0.598. The Balaban J connectivity index is 1.74. The molecule has 1 atom stereocenters. The largest absolute Gasteiger partial charge is 0.317 e. The predicted molar refractivity (Wildman–Crippen MR) is 134 cm³/mol. The van der Waals surface area contributed by atoms with E-state index in [1.165, 1.54) is 40.3 Å². The summed E-state index contributed by atoms with van der Waals surface area (Å²) in [7, 11) is -3.97. The van der Waals surface area contributed by atoms with Gasteiger partial charge in [-0.3, -0.25) is 0 Å². The standard InChI is InChI=1S/C24H19OPS2Si/c1-29(2)23-21(17-11-6-7-13-18(17)27-23)26(25)22-20-16(15-9-4-3-5-10-15)12-8-14-19(20)28-24(22)29/h3-14,26H,1-2H3. The molecular formula is C24H19OPS2Si. The van der Waals surface area contributed by atoms with E-state index in [1.807, 2.05) is 22.7 Å². The summed E-state index contributed by atoms with van der Waals surface area (Å²) in [6.45, 7) is 4.87. The van der Waals surface area contributed by atoms with Gasteiger partial charge in [0.05, 0.1) is 0 Å². The Morgan fingerprint density at radius 1 is 0.724 bits per heavy atom. The van der Waals surface area contributed by atoms with Gasteiger partial charge in [0.25, 0.3) is 0 Å². The quantitative estimate of drug-likeness (QED) is 0.248. The first-order valence-corrected chi connectivity index (χ1v) is 15.8. The summed E-state index contributed by atoms with van der Waals surface area (Å²) >= 11 is 3.76. The van der Waals surface area contributed by atoms with E-state index < -0.39 is 15.9 Å². The van der Waals surface area contributed by atoms with Crippen LogP contribution in [0.3, 0.4) is 0 Å². The first-order valence-electron chi connectivity index (χ1n) is 9.75. The normalized spacial score (nSPS) is 17.4. The second-order valence-corrected chi connectivity index (χ2v) is 16.8. The minimum absolute atomic E-state index is 1.15. The molecule has 5 aromatic rings. The Morgan fingerprint density at radius 3 is 2.21 bits per heavy atom. The van der Waals surface area contributed by atoms with Crippen LogP contribution in [0.25, 0.3) is 31.3 Å². The fourth-order valence-electron chi connectivity index (χ4n) is 4.60. The zero-order valence-corrected chi connectivity index (χ0v) is 19.8. The van der Waals surface area contributed by atoms with E-state index in [4.69, 9.17) is 0 Å². The van der Waals surface area contributed by atoms with Crippen molar-refractivity contribution < 1.29 is 4.57 Å². The van der Waals surface area contributed by atoms with Gasteiger partial charge in [0.2, 0.25) is 0 Å². The Bertz CT molecular complexity index is 1450. The molecule has 1 aliphatic heterocycles. The maximum atomic E-state index is 14.2. The molecule has 0 N–H and O–H groups in total. The van der Waals surface area contributed by atoms with Gasteiger partial charge >= 0.3 is 0 Å². The lowest BCUT2D eigenvalue weighted by Crippen LogP contribution is -2.61. The third-order valence-corrected chi connectivity index (χ3v) is 17.2. The molecule has 142 valence electrons. The van der Waals surface area contributed by atoms with E-state index in [2.05, 4.69) is 85.9 Å². The average Bonchev–Trinajstić information content (AvgIpc) is 3.33. The molecule has 1 aliphatic rings. The molecule has 0 bridgehead atoms. The summed E-state index contributed by atoms with van der Waals surface area (Å²) < 4.78 is 19.5. The summed E-state index contributed by atoms with van der Waals surface area (Å²) in [5.41, 5.74) is 2.42. The highest BCUT2D eigenvalue weighted by molar-refractivity contribution is 7.69. The average molecular weight is 447 g/mol. The molecule has 6 rings (SSSR count). The molecule has 0 aliphatic carbocycles. The zero-order chi connectivity index (χ0) is 19.8. The van der Waals surface area contributed by atoms with Crippen molar-refractivity contribution in [3.63, 3.8) is 0 Å². The van der Waals surface area contributed by atoms with Crippen LogP contribution in [0.1, 0.15) is 0 Å². The summed E-state index contributed by atoms with van der Waals surface area (Å²) in [5.74, 6) is 0. The van der Waals surface area contributed by atoms with E-state index in [0.29, 0.717) is 0 Å². The summed E-state index contributed by atoms with van der Waals surface area (Å²) in [6.07, 6.45) is 0. The van der Waals surface area contributed by atoms with Crippen molar-refractivity contribution in [3.8, 4) is 11.1 Å². The Kier molecular flexibility index (Phi) is 3.85. The molecule has 2 aromatic heterocycles. The maximum Gasteiger partial charge on any atom is 0.139 e. The van der Waals surface area contributed by atoms with E-state index in [1.54, 1.807) is 0 Å². The van der Waals surface area contributed by atoms with Gasteiger partial charge in [0.1, 0.15) is 15.9 Å². The number of thiophene rings is 2. The van der Waals surface area contributed by atoms with Crippen molar-refractivity contribution in [3.05, 3.63) is 72.8 Å². The molecule has 1 unspecified atom stereocenters. The smallest absolute Gasteiger partial charge is 0.139 e. The van der Waals surface area contributed by atoms with Crippen LogP contribution in [0.15, 0.2) is 72.8 Å². The van der Waals surface area contributed by atoms with Crippen LogP contribution in [-0.4, -0.2) is 8.07 Å². The van der Waals surface area contributed by atoms with Crippen LogP contribution in [0.4, 0.5) is 0 Å². The number of hydrogen-bond acceptors (Lipinski definition) is 3. The van der Waals surface area contributed by atoms with E-state index >= 15 is 0 Å². The van der Waals surface area contributed by atoms with Gasteiger partial charge in [0, 0.05) is 39.8 Å². The Labute approximate surface area is 179 Å². The molecule has 0 amide bonds. The van der Waals surface area contributed by atoms with Crippen LogP contribution in [-0.2, 0) is 4.57 Å². The van der Waals surface area contributed by atoms with Crippen molar-refractivity contribution in [2.24, 2.45) is 0 Å². The molecule has 1 nitrogen and oxygen atoms in total. The van der Waals surface area contributed by atoms with Gasteiger partial charge in [-0.15, -0.1) is 22.7 Å². The van der Waals surface area contributed by atoms with Crippen molar-refractivity contribution in [2.45, 2.75) is 13.1 Å². The molecule has 3 aromatic carbocycles. The lowest BCUT2D eigenvalue weighted by atomic mass is 10.0. The molecule has 0 saturated carbocycles. The van der Waals surface area contributed by atoms with Gasteiger partial charge in [-0.25, -0.2) is 0 Å². The SMILES string of the molecule is C[Si]1(C)c2sc3ccccc3c2[PH](=O)c2c1sc1cccc(-c3ccccc3)c21. The first-order chi connectivity index (χ1) is 14.1. The topological polar surface area (TPSA) is 17.1 Å². The molecule has 5 heteroatoms. The van der Waals surface area contributed by atoms with E-state index in [0.717, 1.165) is 10.6 Å². The second-order valence-electron chi connectivity index (χ2n) is 8.11. The van der Waals surface area contributed by atoms with Crippen molar-refractivity contribution in [1.29, 1.82) is 0 Å². The van der Waals surface area contributed by atoms with Gasteiger partial charge in [-0.05, 0) is 23.3 Å². The van der Waals surface area contributed by atoms with Crippen molar-refractivity contribution >= 4 is 78.3 Å². The Morgan fingerprint density at radius 2 is 1.38 bits per heavy atom. The highest BCUT2D eigenvalue weighted by atomic mass is 32.1. The lowest BCUT2D eigenvalue weighted by Gasteiger charge is -2.28. The monoisotopic (exact) mass is 446 g/mol. The van der Waals surface area contributed by atoms with Crippen molar-refractivity contribution in [2.75, 3.05) is 0 Å². The minimum Gasteiger partial charge on any atom is -0.317 e. The summed E-state index contributed by atoms with van der Waals surface area (Å²) in [5, 5.41) is 4.74. The molecule has 0 spiro atoms. The molecular weight excluding hydrogens is 427 g/mol. The third kappa shape index (κ3) is 2.41. The number of hydrogen-bond donors (Lipinski definition) is 0. The molecule has 3 heterocycles. The fourth-order valence-corrected chi connectivity index (χ4v) is 16.8. The number of benzene rings is 3. The van der Waals surface area contributed by atoms with E-state index in [-0.39, 0.29) is 0 Å². The first kappa shape index (κ1) is 17.8. The van der Waals surface area contributed by atoms with Crippen LogP contribution in [0.5, 0.6) is 0 Å². The summed E-state index contributed by atoms with van der Waals surface area (Å²) in [4.78, 5) is 0. The van der Waals surface area contributed by atoms with Gasteiger partial charge in [0.15, 0.2) is 0 Å². The van der Waals surface area contributed by atoms with Gasteiger partial charge in [-0.2, -0.15) is 0 Å². The highest BCUT2D eigenvalue weighted by Gasteiger charge is 2.43. The van der Waals surface area contributed by atoms with E-state index in [9.17, 15) is 4.57 Å². The summed E-state index contributed by atoms with van der Waals surface area (Å²) in [6, 6.07) is 25.6. The van der Waals surface area contributed by atoms with Crippen LogP contribution >= 0.6 is 30.5 Å². The minimum atomic E-state index is -2.06. The van der Waals surface area contributed by atoms with Crippen LogP contribution < -0.4 is 19.6 Å². The predicted octanol–water partition coefficient (Wildman–Crippen LogP) is 5.43. The van der Waals surface area contributed by atoms with Gasteiger partial charge in [-0.1, -0.05) is 73.8 Å². The fraction of sp³-hybridized carbons (Fsp3) is 0.0833. The van der Waals surface area contributed by atoms with Crippen molar-refractivity contribution in [1.82, 2.24) is 0 Å². The second kappa shape index (κ2) is 6.26. The number of fused-ring (bicyclic) bond motifs is 6. The molecule has 0 saturated heterocycles. The Hall–Kier alpha value is -1.97. The van der Waals surface area contributed by atoms with Crippen LogP contribution in [0.2, 0.25) is 13.1 Å². The van der Waals surface area contributed by atoms with Crippen LogP contribution in [0, 0.1) is 0 Å². The highest BCUT2D eigenvalue weighted by Crippen LogP contribution is 2.40. The zero-order valence-electron chi connectivity index (χ0n) is 16.2. The number of rotatable bonds is 1. The molecule has 29 heavy (non-hydrogen) atoms. The third-order valence-electron chi connectivity index (χ3n) is 5.99. The van der Waals surface area contributed by atoms with Gasteiger partial charge < -0.3 is 4.57 Å².